The van der Waals surface area contributed by atoms with Crippen LogP contribution in [0.15, 0.2) is 18.2 Å². The average molecular weight is 296 g/mol. The summed E-state index contributed by atoms with van der Waals surface area (Å²) < 4.78 is 13.6. The molecule has 1 aromatic carbocycles. The van der Waals surface area contributed by atoms with Crippen molar-refractivity contribution in [3.05, 3.63) is 35.1 Å². The van der Waals surface area contributed by atoms with E-state index in [-0.39, 0.29) is 10.8 Å². The first-order valence-corrected chi connectivity index (χ1v) is 7.79. The first-order chi connectivity index (χ1) is 9.56. The molecule has 0 bridgehead atoms. The van der Waals surface area contributed by atoms with Crippen molar-refractivity contribution in [3.63, 3.8) is 0 Å². The molecule has 0 aromatic heterocycles. The van der Waals surface area contributed by atoms with E-state index in [1.54, 1.807) is 6.07 Å². The summed E-state index contributed by atoms with van der Waals surface area (Å²) in [7, 11) is 0. The van der Waals surface area contributed by atoms with Gasteiger partial charge in [0.1, 0.15) is 10.8 Å². The zero-order valence-corrected chi connectivity index (χ0v) is 13.3. The lowest BCUT2D eigenvalue weighted by Gasteiger charge is -2.22. The molecule has 0 radical (unpaired) electrons. The smallest absolute Gasteiger partial charge is 0.124 e. The van der Waals surface area contributed by atoms with Gasteiger partial charge in [0.05, 0.1) is 0 Å². The van der Waals surface area contributed by atoms with E-state index in [1.807, 2.05) is 6.07 Å². The Balaban J connectivity index is 2.77. The van der Waals surface area contributed by atoms with Gasteiger partial charge >= 0.3 is 0 Å². The van der Waals surface area contributed by atoms with Gasteiger partial charge in [0.2, 0.25) is 0 Å². The second-order valence-electron chi connectivity index (χ2n) is 5.20. The molecule has 0 unspecified atom stereocenters. The minimum absolute atomic E-state index is 0.249. The summed E-state index contributed by atoms with van der Waals surface area (Å²) in [6.07, 6.45) is 4.68. The molecule has 0 saturated carbocycles. The quantitative estimate of drug-likeness (QED) is 0.702. The predicted molar refractivity (Wildman–Crippen MR) is 87.4 cm³/mol. The molecule has 2 nitrogen and oxygen atoms in total. The molecular weight excluding hydrogens is 271 g/mol. The lowest BCUT2D eigenvalue weighted by molar-refractivity contribution is 0.257. The van der Waals surface area contributed by atoms with Crippen molar-refractivity contribution in [1.29, 1.82) is 0 Å². The molecule has 0 aliphatic carbocycles. The molecule has 2 N–H and O–H groups in total. The summed E-state index contributed by atoms with van der Waals surface area (Å²) in [6, 6.07) is 4.87. The first-order valence-electron chi connectivity index (χ1n) is 7.38. The predicted octanol–water partition coefficient (Wildman–Crippen LogP) is 3.86. The van der Waals surface area contributed by atoms with Crippen molar-refractivity contribution >= 4 is 17.2 Å². The van der Waals surface area contributed by atoms with Gasteiger partial charge in [-0.15, -0.1) is 0 Å². The van der Waals surface area contributed by atoms with Crippen LogP contribution in [0.3, 0.4) is 0 Å². The van der Waals surface area contributed by atoms with Crippen LogP contribution in [-0.2, 0) is 6.54 Å². The fourth-order valence-corrected chi connectivity index (χ4v) is 2.29. The first kappa shape index (κ1) is 17.1. The molecule has 0 spiro atoms. The maximum Gasteiger partial charge on any atom is 0.124 e. The van der Waals surface area contributed by atoms with Crippen LogP contribution >= 0.6 is 12.2 Å². The second-order valence-corrected chi connectivity index (χ2v) is 5.64. The van der Waals surface area contributed by atoms with Crippen LogP contribution in [0, 0.1) is 5.82 Å². The molecule has 0 saturated heterocycles. The van der Waals surface area contributed by atoms with Crippen LogP contribution in [0.25, 0.3) is 0 Å². The Morgan fingerprint density at radius 3 is 2.25 bits per heavy atom. The fraction of sp³-hybridized carbons (Fsp3) is 0.562. The van der Waals surface area contributed by atoms with Gasteiger partial charge in [-0.25, -0.2) is 4.39 Å². The van der Waals surface area contributed by atoms with Gasteiger partial charge in [-0.05, 0) is 49.7 Å². The third-order valence-corrected chi connectivity index (χ3v) is 3.54. The molecule has 0 atom stereocenters. The molecular formula is C16H25FN2S. The lowest BCUT2D eigenvalue weighted by atomic mass is 10.1. The summed E-state index contributed by atoms with van der Waals surface area (Å²) in [5, 5.41) is 0. The summed E-state index contributed by atoms with van der Waals surface area (Å²) in [5.41, 5.74) is 7.15. The van der Waals surface area contributed by atoms with Gasteiger partial charge in [-0.1, -0.05) is 38.9 Å². The molecule has 0 amide bonds. The Bertz CT molecular complexity index is 426. The summed E-state index contributed by atoms with van der Waals surface area (Å²) in [5.74, 6) is -0.267. The molecule has 20 heavy (non-hydrogen) atoms. The molecule has 0 fully saturated rings. The van der Waals surface area contributed by atoms with E-state index in [1.165, 1.54) is 31.7 Å². The van der Waals surface area contributed by atoms with Crippen molar-refractivity contribution in [1.82, 2.24) is 4.90 Å². The van der Waals surface area contributed by atoms with Gasteiger partial charge < -0.3 is 5.73 Å². The topological polar surface area (TPSA) is 29.3 Å². The van der Waals surface area contributed by atoms with E-state index in [0.29, 0.717) is 5.56 Å². The molecule has 0 aliphatic heterocycles. The van der Waals surface area contributed by atoms with E-state index < -0.39 is 0 Å². The number of nitrogens with two attached hydrogens (primary N) is 1. The molecule has 1 aromatic rings. The Morgan fingerprint density at radius 2 is 1.75 bits per heavy atom. The largest absolute Gasteiger partial charge is 0.389 e. The van der Waals surface area contributed by atoms with Crippen LogP contribution < -0.4 is 5.73 Å². The van der Waals surface area contributed by atoms with E-state index in [0.717, 1.165) is 25.2 Å². The van der Waals surface area contributed by atoms with Crippen molar-refractivity contribution in [2.45, 2.75) is 46.1 Å². The van der Waals surface area contributed by atoms with Gasteiger partial charge in [-0.3, -0.25) is 4.90 Å². The summed E-state index contributed by atoms with van der Waals surface area (Å²) >= 11 is 4.93. The van der Waals surface area contributed by atoms with E-state index in [4.69, 9.17) is 18.0 Å². The molecule has 1 rings (SSSR count). The highest BCUT2D eigenvalue weighted by atomic mass is 32.1. The maximum atomic E-state index is 13.6. The minimum atomic E-state index is -0.267. The standard InChI is InChI=1S/C16H25FN2S/c1-3-5-7-19(8-6-4-2)12-13-9-14(16(18)20)11-15(17)10-13/h9-11H,3-8,12H2,1-2H3,(H2,18,20). The summed E-state index contributed by atoms with van der Waals surface area (Å²) in [4.78, 5) is 2.63. The number of rotatable bonds is 9. The van der Waals surface area contributed by atoms with E-state index >= 15 is 0 Å². The van der Waals surface area contributed by atoms with Gasteiger partial charge in [0.15, 0.2) is 0 Å². The Morgan fingerprint density at radius 1 is 1.15 bits per heavy atom. The zero-order chi connectivity index (χ0) is 15.0. The summed E-state index contributed by atoms with van der Waals surface area (Å²) in [6.45, 7) is 7.23. The van der Waals surface area contributed by atoms with Crippen molar-refractivity contribution in [3.8, 4) is 0 Å². The van der Waals surface area contributed by atoms with E-state index in [2.05, 4.69) is 18.7 Å². The van der Waals surface area contributed by atoms with Crippen LogP contribution in [0.5, 0.6) is 0 Å². The van der Waals surface area contributed by atoms with E-state index in [9.17, 15) is 4.39 Å². The van der Waals surface area contributed by atoms with Crippen LogP contribution in [0.1, 0.15) is 50.7 Å². The normalized spacial score (nSPS) is 11.0. The second kappa shape index (κ2) is 9.03. The van der Waals surface area contributed by atoms with Crippen LogP contribution in [0.4, 0.5) is 4.39 Å². The zero-order valence-electron chi connectivity index (χ0n) is 12.5. The number of thiocarbonyl (C=S) groups is 1. The SMILES string of the molecule is CCCCN(CCCC)Cc1cc(F)cc(C(N)=S)c1. The highest BCUT2D eigenvalue weighted by Gasteiger charge is 2.08. The molecule has 112 valence electrons. The third-order valence-electron chi connectivity index (χ3n) is 3.30. The number of unbranched alkanes of at least 4 members (excludes halogenated alkanes) is 2. The Kier molecular flexibility index (Phi) is 7.70. The highest BCUT2D eigenvalue weighted by molar-refractivity contribution is 7.80. The number of halogens is 1. The van der Waals surface area contributed by atoms with Crippen LogP contribution in [-0.4, -0.2) is 23.0 Å². The maximum absolute atomic E-state index is 13.6. The highest BCUT2D eigenvalue weighted by Crippen LogP contribution is 2.13. The van der Waals surface area contributed by atoms with Crippen LogP contribution in [0.2, 0.25) is 0 Å². The Hall–Kier alpha value is -1.00. The number of hydrogen-bond acceptors (Lipinski definition) is 2. The van der Waals surface area contributed by atoms with Gasteiger partial charge in [-0.2, -0.15) is 0 Å². The van der Waals surface area contributed by atoms with Gasteiger partial charge in [0, 0.05) is 12.1 Å². The molecule has 4 heteroatoms. The van der Waals surface area contributed by atoms with Crippen molar-refractivity contribution in [2.24, 2.45) is 5.73 Å². The third kappa shape index (κ3) is 5.97. The van der Waals surface area contributed by atoms with Crippen molar-refractivity contribution < 1.29 is 4.39 Å². The fourth-order valence-electron chi connectivity index (χ4n) is 2.18. The number of hydrogen-bond donors (Lipinski definition) is 1. The monoisotopic (exact) mass is 296 g/mol. The Labute approximate surface area is 127 Å². The lowest BCUT2D eigenvalue weighted by Crippen LogP contribution is -2.26. The van der Waals surface area contributed by atoms with Crippen molar-refractivity contribution in [2.75, 3.05) is 13.1 Å². The number of nitrogens with zero attached hydrogens (tertiary/aromatic N) is 1. The minimum Gasteiger partial charge on any atom is -0.389 e. The molecule has 0 aliphatic rings. The number of benzene rings is 1. The molecule has 0 heterocycles. The van der Waals surface area contributed by atoms with Gasteiger partial charge in [0.25, 0.3) is 0 Å². The average Bonchev–Trinajstić information content (AvgIpc) is 2.41.